The highest BCUT2D eigenvalue weighted by molar-refractivity contribution is 7.89. The zero-order chi connectivity index (χ0) is 18.7. The van der Waals surface area contributed by atoms with E-state index < -0.39 is 16.1 Å². The monoisotopic (exact) mass is 372 g/mol. The lowest BCUT2D eigenvalue weighted by Gasteiger charge is -2.23. The van der Waals surface area contributed by atoms with Crippen LogP contribution in [0.2, 0.25) is 0 Å². The van der Waals surface area contributed by atoms with Gasteiger partial charge in [0.2, 0.25) is 15.9 Å². The number of benzene rings is 2. The Bertz CT molecular complexity index is 895. The van der Waals surface area contributed by atoms with Gasteiger partial charge in [0.1, 0.15) is 6.04 Å². The van der Waals surface area contributed by atoms with Gasteiger partial charge in [0.25, 0.3) is 0 Å². The third-order valence-corrected chi connectivity index (χ3v) is 6.81. The SMILES string of the molecule is Cc1ccc(S(=O)(=O)N2CCC[C@H]2C(=O)NCc2ccccc2)cc1C. The third kappa shape index (κ3) is 3.81. The number of carbonyl (C=O) groups excluding carboxylic acids is 1. The molecule has 0 unspecified atom stereocenters. The van der Waals surface area contributed by atoms with E-state index in [2.05, 4.69) is 5.32 Å². The lowest BCUT2D eigenvalue weighted by Crippen LogP contribution is -2.45. The highest BCUT2D eigenvalue weighted by atomic mass is 32.2. The van der Waals surface area contributed by atoms with Crippen LogP contribution in [-0.2, 0) is 21.4 Å². The van der Waals surface area contributed by atoms with E-state index in [0.717, 1.165) is 16.7 Å². The predicted molar refractivity (Wildman–Crippen MR) is 101 cm³/mol. The molecule has 0 radical (unpaired) electrons. The number of carbonyl (C=O) groups is 1. The maximum absolute atomic E-state index is 13.0. The van der Waals surface area contributed by atoms with Crippen molar-refractivity contribution in [2.24, 2.45) is 0 Å². The van der Waals surface area contributed by atoms with Gasteiger partial charge in [-0.15, -0.1) is 0 Å². The highest BCUT2D eigenvalue weighted by Gasteiger charge is 2.39. The Morgan fingerprint density at radius 2 is 1.85 bits per heavy atom. The molecule has 1 saturated heterocycles. The summed E-state index contributed by atoms with van der Waals surface area (Å²) in [5.41, 5.74) is 2.96. The molecule has 138 valence electrons. The molecule has 0 aliphatic carbocycles. The van der Waals surface area contributed by atoms with Crippen molar-refractivity contribution >= 4 is 15.9 Å². The van der Waals surface area contributed by atoms with Crippen molar-refractivity contribution in [1.82, 2.24) is 9.62 Å². The fourth-order valence-corrected chi connectivity index (χ4v) is 4.94. The van der Waals surface area contributed by atoms with Crippen molar-refractivity contribution in [2.45, 2.75) is 44.2 Å². The van der Waals surface area contributed by atoms with Crippen LogP contribution in [0.25, 0.3) is 0 Å². The summed E-state index contributed by atoms with van der Waals surface area (Å²) < 4.78 is 27.4. The van der Waals surface area contributed by atoms with Gasteiger partial charge in [-0.2, -0.15) is 4.31 Å². The standard InChI is InChI=1S/C20H24N2O3S/c1-15-10-11-18(13-16(15)2)26(24,25)22-12-6-9-19(22)20(23)21-14-17-7-4-3-5-8-17/h3-5,7-8,10-11,13,19H,6,9,12,14H2,1-2H3,(H,21,23)/t19-/m0/s1. The quantitative estimate of drug-likeness (QED) is 0.878. The first-order chi connectivity index (χ1) is 12.4. The fourth-order valence-electron chi connectivity index (χ4n) is 3.20. The van der Waals surface area contributed by atoms with Crippen LogP contribution < -0.4 is 5.32 Å². The van der Waals surface area contributed by atoms with Crippen LogP contribution >= 0.6 is 0 Å². The van der Waals surface area contributed by atoms with Crippen molar-refractivity contribution < 1.29 is 13.2 Å². The molecule has 3 rings (SSSR count). The summed E-state index contributed by atoms with van der Waals surface area (Å²) in [4.78, 5) is 12.9. The summed E-state index contributed by atoms with van der Waals surface area (Å²) >= 11 is 0. The Morgan fingerprint density at radius 3 is 2.54 bits per heavy atom. The summed E-state index contributed by atoms with van der Waals surface area (Å²) in [6, 6.07) is 14.1. The van der Waals surface area contributed by atoms with Crippen molar-refractivity contribution in [3.05, 3.63) is 65.2 Å². The van der Waals surface area contributed by atoms with E-state index in [1.165, 1.54) is 4.31 Å². The van der Waals surface area contributed by atoms with Gasteiger partial charge in [0.05, 0.1) is 4.90 Å². The van der Waals surface area contributed by atoms with E-state index in [-0.39, 0.29) is 10.8 Å². The Hall–Kier alpha value is -2.18. The van der Waals surface area contributed by atoms with E-state index in [4.69, 9.17) is 0 Å². The van der Waals surface area contributed by atoms with E-state index >= 15 is 0 Å². The molecule has 1 heterocycles. The summed E-state index contributed by atoms with van der Waals surface area (Å²) in [5, 5.41) is 2.87. The summed E-state index contributed by atoms with van der Waals surface area (Å²) in [7, 11) is -3.68. The van der Waals surface area contributed by atoms with Crippen LogP contribution in [0.4, 0.5) is 0 Å². The van der Waals surface area contributed by atoms with E-state index in [0.29, 0.717) is 25.9 Å². The maximum atomic E-state index is 13.0. The van der Waals surface area contributed by atoms with Gasteiger partial charge in [0, 0.05) is 13.1 Å². The smallest absolute Gasteiger partial charge is 0.243 e. The highest BCUT2D eigenvalue weighted by Crippen LogP contribution is 2.27. The van der Waals surface area contributed by atoms with Crippen LogP contribution in [0.5, 0.6) is 0 Å². The molecular formula is C20H24N2O3S. The Balaban J connectivity index is 1.76. The van der Waals surface area contributed by atoms with Gasteiger partial charge in [-0.05, 0) is 55.5 Å². The first-order valence-electron chi connectivity index (χ1n) is 8.80. The normalized spacial score (nSPS) is 18.0. The Kier molecular flexibility index (Phi) is 5.44. The Morgan fingerprint density at radius 1 is 1.12 bits per heavy atom. The molecule has 1 amide bonds. The molecule has 6 heteroatoms. The molecule has 1 atom stereocenters. The topological polar surface area (TPSA) is 66.5 Å². The van der Waals surface area contributed by atoms with Crippen molar-refractivity contribution in [3.8, 4) is 0 Å². The van der Waals surface area contributed by atoms with E-state index in [1.807, 2.05) is 50.2 Å². The molecule has 0 saturated carbocycles. The molecule has 1 aliphatic heterocycles. The number of amides is 1. The minimum atomic E-state index is -3.68. The second-order valence-electron chi connectivity index (χ2n) is 6.72. The molecular weight excluding hydrogens is 348 g/mol. The van der Waals surface area contributed by atoms with Crippen LogP contribution in [0.1, 0.15) is 29.5 Å². The minimum absolute atomic E-state index is 0.237. The number of aryl methyl sites for hydroxylation is 2. The number of rotatable bonds is 5. The summed E-state index contributed by atoms with van der Waals surface area (Å²) in [6.45, 7) is 4.61. The van der Waals surface area contributed by atoms with Gasteiger partial charge < -0.3 is 5.32 Å². The second kappa shape index (κ2) is 7.60. The molecule has 2 aromatic rings. The molecule has 0 bridgehead atoms. The lowest BCUT2D eigenvalue weighted by molar-refractivity contribution is -0.124. The van der Waals surface area contributed by atoms with Crippen LogP contribution in [0.15, 0.2) is 53.4 Å². The summed E-state index contributed by atoms with van der Waals surface area (Å²) in [5.74, 6) is -0.237. The van der Waals surface area contributed by atoms with Crippen molar-refractivity contribution in [2.75, 3.05) is 6.54 Å². The zero-order valence-corrected chi connectivity index (χ0v) is 15.9. The number of nitrogens with zero attached hydrogens (tertiary/aromatic N) is 1. The van der Waals surface area contributed by atoms with Gasteiger partial charge in [-0.3, -0.25) is 4.79 Å². The van der Waals surface area contributed by atoms with Gasteiger partial charge >= 0.3 is 0 Å². The number of nitrogens with one attached hydrogen (secondary N) is 1. The van der Waals surface area contributed by atoms with Gasteiger partial charge in [-0.25, -0.2) is 8.42 Å². The number of hydrogen-bond donors (Lipinski definition) is 1. The van der Waals surface area contributed by atoms with E-state index in [1.54, 1.807) is 12.1 Å². The average molecular weight is 372 g/mol. The third-order valence-electron chi connectivity index (χ3n) is 4.90. The molecule has 1 N–H and O–H groups in total. The second-order valence-corrected chi connectivity index (χ2v) is 8.61. The molecule has 0 spiro atoms. The molecule has 26 heavy (non-hydrogen) atoms. The molecule has 5 nitrogen and oxygen atoms in total. The van der Waals surface area contributed by atoms with Gasteiger partial charge in [0.15, 0.2) is 0 Å². The van der Waals surface area contributed by atoms with Crippen molar-refractivity contribution in [3.63, 3.8) is 0 Å². The first-order valence-corrected chi connectivity index (χ1v) is 10.2. The zero-order valence-electron chi connectivity index (χ0n) is 15.1. The predicted octanol–water partition coefficient (Wildman–Crippen LogP) is 2.77. The molecule has 1 fully saturated rings. The van der Waals surface area contributed by atoms with Crippen LogP contribution in [-0.4, -0.2) is 31.2 Å². The van der Waals surface area contributed by atoms with Gasteiger partial charge in [-0.1, -0.05) is 36.4 Å². The summed E-state index contributed by atoms with van der Waals surface area (Å²) in [6.07, 6.45) is 1.23. The lowest BCUT2D eigenvalue weighted by atomic mass is 10.1. The number of hydrogen-bond acceptors (Lipinski definition) is 3. The first kappa shape index (κ1) is 18.6. The number of sulfonamides is 1. The molecule has 0 aromatic heterocycles. The fraction of sp³-hybridized carbons (Fsp3) is 0.350. The van der Waals surface area contributed by atoms with Crippen LogP contribution in [0, 0.1) is 13.8 Å². The maximum Gasteiger partial charge on any atom is 0.243 e. The minimum Gasteiger partial charge on any atom is -0.351 e. The average Bonchev–Trinajstić information content (AvgIpc) is 3.13. The van der Waals surface area contributed by atoms with Crippen LogP contribution in [0.3, 0.4) is 0 Å². The van der Waals surface area contributed by atoms with E-state index in [9.17, 15) is 13.2 Å². The Labute approximate surface area is 155 Å². The van der Waals surface area contributed by atoms with Crippen molar-refractivity contribution in [1.29, 1.82) is 0 Å². The molecule has 1 aliphatic rings. The molecule has 2 aromatic carbocycles. The largest absolute Gasteiger partial charge is 0.351 e.